The molecule has 1 fully saturated rings. The number of benzene rings is 2. The summed E-state index contributed by atoms with van der Waals surface area (Å²) in [5, 5.41) is 4.02. The van der Waals surface area contributed by atoms with Gasteiger partial charge in [-0.15, -0.1) is 11.3 Å². The van der Waals surface area contributed by atoms with Crippen molar-refractivity contribution in [3.8, 4) is 0 Å². The van der Waals surface area contributed by atoms with Crippen LogP contribution < -0.4 is 15.2 Å². The number of halogens is 2. The highest BCUT2D eigenvalue weighted by Gasteiger charge is 2.21. The summed E-state index contributed by atoms with van der Waals surface area (Å²) in [6, 6.07) is 11.5. The van der Waals surface area contributed by atoms with Crippen molar-refractivity contribution < 1.29 is 0 Å². The van der Waals surface area contributed by atoms with Gasteiger partial charge in [-0.3, -0.25) is 4.79 Å². The molecule has 4 rings (SSSR count). The van der Waals surface area contributed by atoms with Crippen LogP contribution in [0.1, 0.15) is 5.56 Å². The molecule has 3 aromatic rings. The van der Waals surface area contributed by atoms with E-state index >= 15 is 0 Å². The second-order valence-electron chi connectivity index (χ2n) is 6.50. The molecule has 0 atom stereocenters. The van der Waals surface area contributed by atoms with Crippen LogP contribution in [0.5, 0.6) is 0 Å². The maximum atomic E-state index is 12.9. The van der Waals surface area contributed by atoms with Gasteiger partial charge in [0.05, 0.1) is 5.69 Å². The molecule has 0 spiro atoms. The third kappa shape index (κ3) is 3.29. The van der Waals surface area contributed by atoms with Gasteiger partial charge < -0.3 is 9.80 Å². The molecule has 1 saturated heterocycles. The van der Waals surface area contributed by atoms with E-state index in [1.807, 2.05) is 29.6 Å². The zero-order chi connectivity index (χ0) is 18.3. The molecular formula is C20H18Cl2N2OS. The molecule has 0 radical (unpaired) electrons. The molecule has 1 aliphatic heterocycles. The van der Waals surface area contributed by atoms with Crippen molar-refractivity contribution in [1.82, 2.24) is 0 Å². The summed E-state index contributed by atoms with van der Waals surface area (Å²) in [5.74, 6) is 0. The molecule has 134 valence electrons. The van der Waals surface area contributed by atoms with Crippen molar-refractivity contribution in [3.05, 3.63) is 67.6 Å². The number of hydrogen-bond acceptors (Lipinski definition) is 4. The third-order valence-corrected chi connectivity index (χ3v) is 6.27. The Balaban J connectivity index is 1.58. The summed E-state index contributed by atoms with van der Waals surface area (Å²) in [5.41, 5.74) is 3.23. The van der Waals surface area contributed by atoms with E-state index < -0.39 is 0 Å². The average Bonchev–Trinajstić information content (AvgIpc) is 2.65. The van der Waals surface area contributed by atoms with E-state index in [-0.39, 0.29) is 5.43 Å². The van der Waals surface area contributed by atoms with Crippen molar-refractivity contribution in [2.75, 3.05) is 36.0 Å². The van der Waals surface area contributed by atoms with Crippen molar-refractivity contribution in [2.24, 2.45) is 0 Å². The van der Waals surface area contributed by atoms with Crippen LogP contribution >= 0.6 is 34.5 Å². The van der Waals surface area contributed by atoms with Crippen LogP contribution in [0, 0.1) is 6.92 Å². The molecule has 0 unspecified atom stereocenters. The van der Waals surface area contributed by atoms with E-state index in [0.29, 0.717) is 10.4 Å². The van der Waals surface area contributed by atoms with Gasteiger partial charge in [-0.1, -0.05) is 29.3 Å². The average molecular weight is 405 g/mol. The lowest BCUT2D eigenvalue weighted by molar-refractivity contribution is 0.652. The van der Waals surface area contributed by atoms with E-state index in [0.717, 1.165) is 41.6 Å². The monoisotopic (exact) mass is 404 g/mol. The van der Waals surface area contributed by atoms with Crippen LogP contribution in [0.15, 0.2) is 46.6 Å². The molecule has 0 amide bonds. The molecule has 2 heterocycles. The van der Waals surface area contributed by atoms with Gasteiger partial charge in [0.1, 0.15) is 0 Å². The fourth-order valence-electron chi connectivity index (χ4n) is 3.42. The molecule has 0 N–H and O–H groups in total. The zero-order valence-corrected chi connectivity index (χ0v) is 16.7. The van der Waals surface area contributed by atoms with Crippen LogP contribution in [0.3, 0.4) is 0 Å². The number of hydrogen-bond donors (Lipinski definition) is 0. The van der Waals surface area contributed by atoms with Crippen molar-refractivity contribution in [2.45, 2.75) is 6.92 Å². The van der Waals surface area contributed by atoms with E-state index in [1.165, 1.54) is 11.3 Å². The van der Waals surface area contributed by atoms with Crippen LogP contribution in [0.2, 0.25) is 10.0 Å². The number of nitrogens with zero attached hydrogens (tertiary/aromatic N) is 2. The molecule has 0 bridgehead atoms. The number of piperazine rings is 1. The van der Waals surface area contributed by atoms with Gasteiger partial charge in [0.25, 0.3) is 0 Å². The Hall–Kier alpha value is -1.75. The molecule has 1 aromatic heterocycles. The van der Waals surface area contributed by atoms with E-state index in [9.17, 15) is 4.79 Å². The minimum atomic E-state index is 0.0636. The minimum Gasteiger partial charge on any atom is -0.368 e. The molecule has 0 aliphatic carbocycles. The Labute approximate surface area is 166 Å². The van der Waals surface area contributed by atoms with Crippen molar-refractivity contribution in [1.29, 1.82) is 0 Å². The normalized spacial score (nSPS) is 14.9. The van der Waals surface area contributed by atoms with Crippen molar-refractivity contribution >= 4 is 56.0 Å². The van der Waals surface area contributed by atoms with Crippen LogP contribution in [0.25, 0.3) is 10.1 Å². The summed E-state index contributed by atoms with van der Waals surface area (Å²) < 4.78 is 0.969. The second kappa shape index (κ2) is 7.10. The fourth-order valence-corrected chi connectivity index (χ4v) is 4.68. The quantitative estimate of drug-likeness (QED) is 0.585. The summed E-state index contributed by atoms with van der Waals surface area (Å²) >= 11 is 13.8. The maximum Gasteiger partial charge on any atom is 0.211 e. The molecule has 26 heavy (non-hydrogen) atoms. The number of anilines is 2. The predicted octanol–water partition coefficient (Wildman–Crippen LogP) is 5.20. The van der Waals surface area contributed by atoms with Crippen LogP contribution in [-0.4, -0.2) is 26.2 Å². The first kappa shape index (κ1) is 17.7. The third-order valence-electron chi connectivity index (χ3n) is 4.85. The Morgan fingerprint density at radius 3 is 2.23 bits per heavy atom. The molecule has 6 heteroatoms. The molecule has 0 saturated carbocycles. The highest BCUT2D eigenvalue weighted by atomic mass is 35.5. The van der Waals surface area contributed by atoms with Gasteiger partial charge in [0.2, 0.25) is 5.43 Å². The Bertz CT molecular complexity index is 1030. The van der Waals surface area contributed by atoms with Gasteiger partial charge in [0.15, 0.2) is 0 Å². The molecule has 1 aliphatic rings. The zero-order valence-electron chi connectivity index (χ0n) is 14.3. The van der Waals surface area contributed by atoms with Crippen molar-refractivity contribution in [3.63, 3.8) is 0 Å². The number of rotatable bonds is 2. The number of aryl methyl sites for hydroxylation is 1. The van der Waals surface area contributed by atoms with E-state index in [4.69, 9.17) is 23.2 Å². The van der Waals surface area contributed by atoms with Gasteiger partial charge in [-0.25, -0.2) is 0 Å². The Kier molecular flexibility index (Phi) is 4.82. The molecule has 2 aromatic carbocycles. The second-order valence-corrected chi connectivity index (χ2v) is 8.28. The summed E-state index contributed by atoms with van der Waals surface area (Å²) in [7, 11) is 0. The largest absolute Gasteiger partial charge is 0.368 e. The highest BCUT2D eigenvalue weighted by molar-refractivity contribution is 7.16. The van der Waals surface area contributed by atoms with E-state index in [1.54, 1.807) is 17.4 Å². The summed E-state index contributed by atoms with van der Waals surface area (Å²) in [4.78, 5) is 17.4. The first-order chi connectivity index (χ1) is 12.5. The predicted molar refractivity (Wildman–Crippen MR) is 114 cm³/mol. The van der Waals surface area contributed by atoms with E-state index in [2.05, 4.69) is 22.8 Å². The summed E-state index contributed by atoms with van der Waals surface area (Å²) in [6.45, 7) is 5.43. The van der Waals surface area contributed by atoms with Gasteiger partial charge in [-0.05, 0) is 42.8 Å². The van der Waals surface area contributed by atoms with Crippen LogP contribution in [0.4, 0.5) is 11.4 Å². The fraction of sp³-hybridized carbons (Fsp3) is 0.250. The lowest BCUT2D eigenvalue weighted by Gasteiger charge is -2.37. The lowest BCUT2D eigenvalue weighted by Crippen LogP contribution is -2.48. The van der Waals surface area contributed by atoms with Crippen LogP contribution in [-0.2, 0) is 0 Å². The first-order valence-corrected chi connectivity index (χ1v) is 10.1. The maximum absolute atomic E-state index is 12.9. The van der Waals surface area contributed by atoms with Gasteiger partial charge in [-0.2, -0.15) is 0 Å². The molecule has 3 nitrogen and oxygen atoms in total. The Morgan fingerprint density at radius 1 is 0.885 bits per heavy atom. The molecular weight excluding hydrogens is 387 g/mol. The first-order valence-electron chi connectivity index (χ1n) is 8.50. The SMILES string of the molecule is Cc1ccc(Cl)cc1N1CCN(c2csc3ccc(Cl)cc3c2=O)CC1. The number of fused-ring (bicyclic) bond motifs is 1. The smallest absolute Gasteiger partial charge is 0.211 e. The minimum absolute atomic E-state index is 0.0636. The van der Waals surface area contributed by atoms with Gasteiger partial charge >= 0.3 is 0 Å². The Morgan fingerprint density at radius 2 is 1.50 bits per heavy atom. The van der Waals surface area contributed by atoms with Gasteiger partial charge in [0, 0.05) is 57.4 Å². The lowest BCUT2D eigenvalue weighted by atomic mass is 10.1. The highest BCUT2D eigenvalue weighted by Crippen LogP contribution is 2.28. The summed E-state index contributed by atoms with van der Waals surface area (Å²) in [6.07, 6.45) is 0. The topological polar surface area (TPSA) is 23.6 Å². The standard InChI is InChI=1S/C20H18Cl2N2OS/c1-13-2-3-15(22)11-17(13)23-6-8-24(9-7-23)18-12-26-19-5-4-14(21)10-16(19)20(18)25/h2-5,10-12H,6-9H2,1H3.